The quantitative estimate of drug-likeness (QED) is 0.736. The Balaban J connectivity index is 2.13. The highest BCUT2D eigenvalue weighted by Gasteiger charge is 2.51. The van der Waals surface area contributed by atoms with Gasteiger partial charge in [0.2, 0.25) is 0 Å². The average Bonchev–Trinajstić information content (AvgIpc) is 3.00. The molecule has 0 spiro atoms. The second-order valence-corrected chi connectivity index (χ2v) is 6.29. The van der Waals surface area contributed by atoms with Gasteiger partial charge in [-0.3, -0.25) is 4.98 Å². The molecule has 1 aromatic heterocycles. The van der Waals surface area contributed by atoms with Crippen LogP contribution in [0.4, 0.5) is 18.9 Å². The number of benzene rings is 1. The molecule has 2 aromatic rings. The van der Waals surface area contributed by atoms with Crippen molar-refractivity contribution in [3.63, 3.8) is 0 Å². The lowest BCUT2D eigenvalue weighted by Gasteiger charge is -2.35. The zero-order chi connectivity index (χ0) is 18.7. The van der Waals surface area contributed by atoms with E-state index in [1.807, 2.05) is 0 Å². The van der Waals surface area contributed by atoms with Crippen LogP contribution in [0.3, 0.4) is 0 Å². The zero-order valence-electron chi connectivity index (χ0n) is 14.3. The summed E-state index contributed by atoms with van der Waals surface area (Å²) >= 11 is 0. The van der Waals surface area contributed by atoms with Crippen molar-refractivity contribution in [2.45, 2.75) is 31.9 Å². The number of rotatable bonds is 6. The standard InChI is InChI=1S/C19H19F3N2O2/c1-26-18(25)19(12-22)8-14-6-15(9-20)16(10-21)7-17(14)24(19)11-13-2-4-23-5-3-13/h2-7H,8-12H2,1H3. The summed E-state index contributed by atoms with van der Waals surface area (Å²) in [6, 6.07) is 6.53. The minimum Gasteiger partial charge on any atom is -0.467 e. The molecule has 0 radical (unpaired) electrons. The molecule has 0 amide bonds. The number of hydrogen-bond donors (Lipinski definition) is 0. The Labute approximate surface area is 149 Å². The molecule has 0 aliphatic carbocycles. The van der Waals surface area contributed by atoms with E-state index in [2.05, 4.69) is 4.98 Å². The number of carbonyl (C=O) groups excluding carboxylic acids is 1. The first-order valence-corrected chi connectivity index (χ1v) is 8.17. The molecule has 0 fully saturated rings. The van der Waals surface area contributed by atoms with Crippen LogP contribution in [0, 0.1) is 0 Å². The van der Waals surface area contributed by atoms with Gasteiger partial charge < -0.3 is 9.64 Å². The van der Waals surface area contributed by atoms with Gasteiger partial charge in [0.05, 0.1) is 7.11 Å². The lowest BCUT2D eigenvalue weighted by atomic mass is 9.94. The van der Waals surface area contributed by atoms with E-state index in [0.29, 0.717) is 11.3 Å². The molecule has 7 heteroatoms. The van der Waals surface area contributed by atoms with Crippen LogP contribution in [0.1, 0.15) is 22.3 Å². The summed E-state index contributed by atoms with van der Waals surface area (Å²) < 4.78 is 45.6. The maximum Gasteiger partial charge on any atom is 0.334 e. The smallest absolute Gasteiger partial charge is 0.334 e. The molecule has 26 heavy (non-hydrogen) atoms. The lowest BCUT2D eigenvalue weighted by molar-refractivity contribution is -0.147. The van der Waals surface area contributed by atoms with Gasteiger partial charge in [-0.25, -0.2) is 18.0 Å². The third-order valence-electron chi connectivity index (χ3n) is 4.86. The van der Waals surface area contributed by atoms with Crippen molar-refractivity contribution >= 4 is 11.7 Å². The molecule has 2 heterocycles. The highest BCUT2D eigenvalue weighted by Crippen LogP contribution is 2.43. The van der Waals surface area contributed by atoms with Gasteiger partial charge in [0, 0.05) is 31.0 Å². The van der Waals surface area contributed by atoms with E-state index in [0.717, 1.165) is 5.56 Å². The average molecular weight is 364 g/mol. The van der Waals surface area contributed by atoms with Crippen molar-refractivity contribution in [1.82, 2.24) is 4.98 Å². The fourth-order valence-electron chi connectivity index (χ4n) is 3.46. The van der Waals surface area contributed by atoms with E-state index in [-0.39, 0.29) is 24.1 Å². The second kappa shape index (κ2) is 7.35. The summed E-state index contributed by atoms with van der Waals surface area (Å²) in [5, 5.41) is 0. The van der Waals surface area contributed by atoms with Crippen molar-refractivity contribution in [3.8, 4) is 0 Å². The van der Waals surface area contributed by atoms with Crippen molar-refractivity contribution in [2.75, 3.05) is 18.7 Å². The van der Waals surface area contributed by atoms with E-state index >= 15 is 0 Å². The summed E-state index contributed by atoms with van der Waals surface area (Å²) in [5.74, 6) is -0.714. The third-order valence-corrected chi connectivity index (χ3v) is 4.86. The molecule has 1 unspecified atom stereocenters. The molecule has 1 atom stereocenters. The number of alkyl halides is 3. The van der Waals surface area contributed by atoms with E-state index in [9.17, 15) is 18.0 Å². The Morgan fingerprint density at radius 1 is 1.19 bits per heavy atom. The molecule has 0 bridgehead atoms. The number of aromatic nitrogens is 1. The Hall–Kier alpha value is -2.57. The number of esters is 1. The van der Waals surface area contributed by atoms with Crippen LogP contribution in [0.2, 0.25) is 0 Å². The first-order valence-electron chi connectivity index (χ1n) is 8.17. The summed E-state index contributed by atoms with van der Waals surface area (Å²) in [5.41, 5.74) is 0.802. The third kappa shape index (κ3) is 2.91. The van der Waals surface area contributed by atoms with Crippen LogP contribution in [-0.4, -0.2) is 30.3 Å². The van der Waals surface area contributed by atoms with Crippen molar-refractivity contribution in [3.05, 3.63) is 58.9 Å². The van der Waals surface area contributed by atoms with Gasteiger partial charge in [0.25, 0.3) is 0 Å². The van der Waals surface area contributed by atoms with Crippen molar-refractivity contribution in [1.29, 1.82) is 0 Å². The van der Waals surface area contributed by atoms with Gasteiger partial charge in [-0.15, -0.1) is 0 Å². The van der Waals surface area contributed by atoms with Crippen LogP contribution in [-0.2, 0) is 35.8 Å². The van der Waals surface area contributed by atoms with E-state index in [1.54, 1.807) is 29.4 Å². The summed E-state index contributed by atoms with van der Waals surface area (Å²) in [6.07, 6.45) is 3.23. The first-order chi connectivity index (χ1) is 12.6. The Morgan fingerprint density at radius 2 is 1.85 bits per heavy atom. The number of hydrogen-bond acceptors (Lipinski definition) is 4. The van der Waals surface area contributed by atoms with Gasteiger partial charge in [0.15, 0.2) is 5.54 Å². The van der Waals surface area contributed by atoms with Gasteiger partial charge in [-0.1, -0.05) is 6.07 Å². The highest BCUT2D eigenvalue weighted by atomic mass is 19.1. The number of methoxy groups -OCH3 is 1. The van der Waals surface area contributed by atoms with E-state index < -0.39 is 31.5 Å². The van der Waals surface area contributed by atoms with Crippen LogP contribution < -0.4 is 4.90 Å². The van der Waals surface area contributed by atoms with Crippen molar-refractivity contribution < 1.29 is 22.7 Å². The fourth-order valence-corrected chi connectivity index (χ4v) is 3.46. The van der Waals surface area contributed by atoms with E-state index in [1.165, 1.54) is 19.2 Å². The predicted molar refractivity (Wildman–Crippen MR) is 90.9 cm³/mol. The zero-order valence-corrected chi connectivity index (χ0v) is 14.3. The molecule has 0 N–H and O–H groups in total. The molecule has 3 rings (SSSR count). The van der Waals surface area contributed by atoms with Gasteiger partial charge in [-0.2, -0.15) is 0 Å². The van der Waals surface area contributed by atoms with Crippen LogP contribution in [0.25, 0.3) is 0 Å². The number of ether oxygens (including phenoxy) is 1. The number of nitrogens with zero attached hydrogens (tertiary/aromatic N) is 2. The number of carbonyl (C=O) groups is 1. The predicted octanol–water partition coefficient (Wildman–Crippen LogP) is 3.46. The largest absolute Gasteiger partial charge is 0.467 e. The maximum absolute atomic E-state index is 14.2. The maximum atomic E-state index is 14.2. The molecule has 4 nitrogen and oxygen atoms in total. The summed E-state index contributed by atoms with van der Waals surface area (Å²) in [6.45, 7) is -2.42. The molecular weight excluding hydrogens is 345 g/mol. The van der Waals surface area contributed by atoms with Crippen LogP contribution in [0.5, 0.6) is 0 Å². The van der Waals surface area contributed by atoms with E-state index in [4.69, 9.17) is 4.74 Å². The first kappa shape index (κ1) is 18.2. The molecular formula is C19H19F3N2O2. The number of anilines is 1. The minimum absolute atomic E-state index is 0.0379. The Morgan fingerprint density at radius 3 is 2.42 bits per heavy atom. The Bertz CT molecular complexity index is 801. The fraction of sp³-hybridized carbons (Fsp3) is 0.368. The summed E-state index contributed by atoms with van der Waals surface area (Å²) in [7, 11) is 1.20. The highest BCUT2D eigenvalue weighted by molar-refractivity contribution is 5.89. The monoisotopic (exact) mass is 364 g/mol. The van der Waals surface area contributed by atoms with Crippen LogP contribution in [0.15, 0.2) is 36.7 Å². The normalized spacial score (nSPS) is 18.7. The summed E-state index contributed by atoms with van der Waals surface area (Å²) in [4.78, 5) is 18.0. The molecule has 1 aliphatic rings. The second-order valence-electron chi connectivity index (χ2n) is 6.29. The molecule has 1 aromatic carbocycles. The Kier molecular flexibility index (Phi) is 5.15. The molecule has 0 saturated carbocycles. The molecule has 138 valence electrons. The van der Waals surface area contributed by atoms with Gasteiger partial charge >= 0.3 is 5.97 Å². The minimum atomic E-state index is -1.55. The lowest BCUT2D eigenvalue weighted by Crippen LogP contribution is -2.55. The molecule has 0 saturated heterocycles. The number of halogens is 3. The molecule has 1 aliphatic heterocycles. The van der Waals surface area contributed by atoms with Crippen LogP contribution >= 0.6 is 0 Å². The SMILES string of the molecule is COC(=O)C1(CF)Cc2cc(CF)c(CF)cc2N1Cc1ccncc1. The van der Waals surface area contributed by atoms with Gasteiger partial charge in [-0.05, 0) is 40.5 Å². The topological polar surface area (TPSA) is 42.4 Å². The van der Waals surface area contributed by atoms with Crippen molar-refractivity contribution in [2.24, 2.45) is 0 Å². The van der Waals surface area contributed by atoms with Gasteiger partial charge in [0.1, 0.15) is 20.0 Å². The number of fused-ring (bicyclic) bond motifs is 1. The number of pyridine rings is 1.